The Kier molecular flexibility index (Phi) is 6.79. The number of benzene rings is 3. The molecule has 2 heterocycles. The van der Waals surface area contributed by atoms with E-state index in [0.717, 1.165) is 43.0 Å². The average molecular weight is 494 g/mol. The lowest BCUT2D eigenvalue weighted by atomic mass is 10.2. The van der Waals surface area contributed by atoms with E-state index in [2.05, 4.69) is 20.2 Å². The van der Waals surface area contributed by atoms with Crippen LogP contribution < -0.4 is 10.1 Å². The first-order valence-corrected chi connectivity index (χ1v) is 11.2. The van der Waals surface area contributed by atoms with E-state index >= 15 is 0 Å². The first-order valence-electron chi connectivity index (χ1n) is 11.2. The fourth-order valence-corrected chi connectivity index (χ4v) is 3.79. The monoisotopic (exact) mass is 494 g/mol. The van der Waals surface area contributed by atoms with Crippen LogP contribution in [0, 0.1) is 17.5 Å². The van der Waals surface area contributed by atoms with Gasteiger partial charge in [0.05, 0.1) is 36.1 Å². The van der Waals surface area contributed by atoms with Crippen LogP contribution in [0.4, 0.5) is 18.9 Å². The molecule has 1 aromatic heterocycles. The highest BCUT2D eigenvalue weighted by atomic mass is 19.2. The number of anilines is 1. The summed E-state index contributed by atoms with van der Waals surface area (Å²) in [5.74, 6) is -3.32. The summed E-state index contributed by atoms with van der Waals surface area (Å²) in [4.78, 5) is 23.6. The van der Waals surface area contributed by atoms with E-state index in [1.165, 1.54) is 12.1 Å². The molecule has 3 aromatic carbocycles. The number of hydrogen-bond donors (Lipinski definition) is 1. The maximum atomic E-state index is 14.7. The van der Waals surface area contributed by atoms with E-state index in [9.17, 15) is 18.0 Å². The van der Waals surface area contributed by atoms with Crippen LogP contribution in [0.3, 0.4) is 0 Å². The standard InChI is InChI=1S/C26H21F3N4O3/c27-20-4-1-16(11-21(20)28)26(34)32-17-2-6-25(22(29)12-17)36-19-3-5-23-24(13-19)31-18(14-30-23)15-33-7-9-35-10-8-33/h1-6,11-14H,7-10,15H2,(H,32,34). The number of amides is 1. The number of ether oxygens (including phenoxy) is 2. The van der Waals surface area contributed by atoms with Crippen molar-refractivity contribution < 1.29 is 27.4 Å². The Labute approximate surface area is 204 Å². The minimum Gasteiger partial charge on any atom is -0.454 e. The van der Waals surface area contributed by atoms with Gasteiger partial charge in [0.25, 0.3) is 5.91 Å². The Morgan fingerprint density at radius 3 is 2.56 bits per heavy atom. The Hall–Kier alpha value is -4.02. The topological polar surface area (TPSA) is 76.6 Å². The number of nitrogens with zero attached hydrogens (tertiary/aromatic N) is 3. The van der Waals surface area contributed by atoms with Crippen molar-refractivity contribution >= 4 is 22.6 Å². The van der Waals surface area contributed by atoms with Gasteiger partial charge in [0.2, 0.25) is 0 Å². The van der Waals surface area contributed by atoms with Crippen LogP contribution in [0.1, 0.15) is 16.1 Å². The number of morpholine rings is 1. The minimum absolute atomic E-state index is 0.0578. The zero-order valence-corrected chi connectivity index (χ0v) is 19.0. The Bertz CT molecular complexity index is 1430. The molecule has 0 saturated carbocycles. The van der Waals surface area contributed by atoms with Gasteiger partial charge in [-0.25, -0.2) is 18.2 Å². The van der Waals surface area contributed by atoms with Crippen LogP contribution in [0.15, 0.2) is 60.8 Å². The fraction of sp³-hybridized carbons (Fsp3) is 0.192. The average Bonchev–Trinajstić information content (AvgIpc) is 2.87. The van der Waals surface area contributed by atoms with E-state index < -0.39 is 23.4 Å². The molecule has 7 nitrogen and oxygen atoms in total. The summed E-state index contributed by atoms with van der Waals surface area (Å²) in [5.41, 5.74) is 2.15. The predicted octanol–water partition coefficient (Wildman–Crippen LogP) is 4.92. The Morgan fingerprint density at radius 2 is 1.78 bits per heavy atom. The van der Waals surface area contributed by atoms with Crippen LogP contribution >= 0.6 is 0 Å². The SMILES string of the molecule is O=C(Nc1ccc(Oc2ccc3ncc(CN4CCOCC4)nc3c2)c(F)c1)c1ccc(F)c(F)c1. The number of carbonyl (C=O) groups is 1. The van der Waals surface area contributed by atoms with Crippen molar-refractivity contribution in [3.8, 4) is 11.5 Å². The number of rotatable bonds is 6. The molecule has 0 unspecified atom stereocenters. The van der Waals surface area contributed by atoms with Gasteiger partial charge >= 0.3 is 0 Å². The quantitative estimate of drug-likeness (QED) is 0.410. The molecular weight excluding hydrogens is 473 g/mol. The van der Waals surface area contributed by atoms with Gasteiger partial charge in [-0.3, -0.25) is 14.7 Å². The molecule has 1 aliphatic heterocycles. The molecule has 36 heavy (non-hydrogen) atoms. The third-order valence-electron chi connectivity index (χ3n) is 5.65. The summed E-state index contributed by atoms with van der Waals surface area (Å²) in [6.07, 6.45) is 1.74. The van der Waals surface area contributed by atoms with Crippen molar-refractivity contribution in [2.45, 2.75) is 6.54 Å². The number of nitrogens with one attached hydrogen (secondary N) is 1. The second kappa shape index (κ2) is 10.3. The highest BCUT2D eigenvalue weighted by Crippen LogP contribution is 2.28. The van der Waals surface area contributed by atoms with Crippen LogP contribution in [-0.4, -0.2) is 47.1 Å². The third-order valence-corrected chi connectivity index (χ3v) is 5.65. The molecule has 1 N–H and O–H groups in total. The van der Waals surface area contributed by atoms with Gasteiger partial charge < -0.3 is 14.8 Å². The summed E-state index contributed by atoms with van der Waals surface area (Å²) in [5, 5.41) is 2.45. The molecule has 1 amide bonds. The van der Waals surface area contributed by atoms with Gasteiger partial charge in [0, 0.05) is 43.0 Å². The molecule has 184 valence electrons. The largest absolute Gasteiger partial charge is 0.454 e. The highest BCUT2D eigenvalue weighted by molar-refractivity contribution is 6.04. The van der Waals surface area contributed by atoms with Crippen molar-refractivity contribution in [3.63, 3.8) is 0 Å². The van der Waals surface area contributed by atoms with Crippen molar-refractivity contribution in [2.24, 2.45) is 0 Å². The molecule has 1 saturated heterocycles. The summed E-state index contributed by atoms with van der Waals surface area (Å²) in [6, 6.07) is 11.7. The van der Waals surface area contributed by atoms with Crippen LogP contribution in [0.5, 0.6) is 11.5 Å². The second-order valence-corrected chi connectivity index (χ2v) is 8.23. The normalized spacial score (nSPS) is 14.1. The predicted molar refractivity (Wildman–Crippen MR) is 126 cm³/mol. The summed E-state index contributed by atoms with van der Waals surface area (Å²) in [6.45, 7) is 3.71. The smallest absolute Gasteiger partial charge is 0.255 e. The van der Waals surface area contributed by atoms with E-state index in [4.69, 9.17) is 9.47 Å². The molecule has 1 aliphatic rings. The number of halogens is 3. The highest BCUT2D eigenvalue weighted by Gasteiger charge is 2.14. The molecule has 0 spiro atoms. The van der Waals surface area contributed by atoms with Gasteiger partial charge in [-0.1, -0.05) is 0 Å². The minimum atomic E-state index is -1.15. The summed E-state index contributed by atoms with van der Waals surface area (Å²) in [7, 11) is 0. The zero-order chi connectivity index (χ0) is 25.1. The first-order chi connectivity index (χ1) is 17.4. The van der Waals surface area contributed by atoms with Crippen molar-refractivity contribution in [1.29, 1.82) is 0 Å². The Morgan fingerprint density at radius 1 is 0.944 bits per heavy atom. The van der Waals surface area contributed by atoms with E-state index in [1.807, 2.05) is 0 Å². The van der Waals surface area contributed by atoms with Crippen molar-refractivity contribution in [3.05, 3.63) is 89.5 Å². The number of carbonyl (C=O) groups excluding carboxylic acids is 1. The summed E-state index contributed by atoms with van der Waals surface area (Å²) >= 11 is 0. The van der Waals surface area contributed by atoms with Gasteiger partial charge in [-0.05, 0) is 42.5 Å². The first kappa shape index (κ1) is 23.7. The molecule has 0 atom stereocenters. The molecule has 0 bridgehead atoms. The third kappa shape index (κ3) is 5.45. The number of aromatic nitrogens is 2. The van der Waals surface area contributed by atoms with E-state index in [1.54, 1.807) is 24.4 Å². The van der Waals surface area contributed by atoms with Crippen LogP contribution in [0.2, 0.25) is 0 Å². The van der Waals surface area contributed by atoms with Gasteiger partial charge in [0.1, 0.15) is 5.75 Å². The van der Waals surface area contributed by atoms with Gasteiger partial charge in [0.15, 0.2) is 23.2 Å². The van der Waals surface area contributed by atoms with Crippen molar-refractivity contribution in [1.82, 2.24) is 14.9 Å². The molecule has 1 fully saturated rings. The van der Waals surface area contributed by atoms with Crippen LogP contribution in [0.25, 0.3) is 11.0 Å². The maximum absolute atomic E-state index is 14.7. The fourth-order valence-electron chi connectivity index (χ4n) is 3.79. The molecule has 0 aliphatic carbocycles. The van der Waals surface area contributed by atoms with E-state index in [0.29, 0.717) is 36.5 Å². The molecule has 5 rings (SSSR count). The second-order valence-electron chi connectivity index (χ2n) is 8.23. The Balaban J connectivity index is 1.28. The lowest BCUT2D eigenvalue weighted by molar-refractivity contribution is 0.0336. The molecule has 0 radical (unpaired) electrons. The number of fused-ring (bicyclic) bond motifs is 1. The molecule has 4 aromatic rings. The molecular formula is C26H21F3N4O3. The van der Waals surface area contributed by atoms with Gasteiger partial charge in [-0.2, -0.15) is 0 Å². The lowest BCUT2D eigenvalue weighted by Gasteiger charge is -2.26. The van der Waals surface area contributed by atoms with E-state index in [-0.39, 0.29) is 17.0 Å². The maximum Gasteiger partial charge on any atom is 0.255 e. The number of hydrogen-bond acceptors (Lipinski definition) is 6. The lowest BCUT2D eigenvalue weighted by Crippen LogP contribution is -2.35. The zero-order valence-electron chi connectivity index (χ0n) is 19.0. The van der Waals surface area contributed by atoms with Crippen molar-refractivity contribution in [2.75, 3.05) is 31.6 Å². The summed E-state index contributed by atoms with van der Waals surface area (Å²) < 4.78 is 52.3. The molecule has 10 heteroatoms. The van der Waals surface area contributed by atoms with Crippen LogP contribution in [-0.2, 0) is 11.3 Å². The van der Waals surface area contributed by atoms with Gasteiger partial charge in [-0.15, -0.1) is 0 Å².